The van der Waals surface area contributed by atoms with E-state index in [0.29, 0.717) is 12.4 Å². The summed E-state index contributed by atoms with van der Waals surface area (Å²) >= 11 is 6.01. The fraction of sp³-hybridized carbons (Fsp3) is 0.400. The quantitative estimate of drug-likeness (QED) is 0.807. The SMILES string of the molecule is CCCNc1ncc(S(=O)(=O)Nc2nnn(C)n2)cc1Cl. The minimum absolute atomic E-state index is 0.0815. The third-order valence-electron chi connectivity index (χ3n) is 2.40. The van der Waals surface area contributed by atoms with Gasteiger partial charge in [-0.3, -0.25) is 0 Å². The summed E-state index contributed by atoms with van der Waals surface area (Å²) in [5.74, 6) is 0.317. The third-order valence-corrected chi connectivity index (χ3v) is 3.99. The van der Waals surface area contributed by atoms with Gasteiger partial charge in [-0.15, -0.1) is 5.10 Å². The highest BCUT2D eigenvalue weighted by atomic mass is 35.5. The summed E-state index contributed by atoms with van der Waals surface area (Å²) < 4.78 is 26.5. The molecule has 0 radical (unpaired) electrons. The van der Waals surface area contributed by atoms with E-state index in [1.165, 1.54) is 19.3 Å². The first-order chi connectivity index (χ1) is 9.92. The van der Waals surface area contributed by atoms with E-state index < -0.39 is 10.0 Å². The minimum atomic E-state index is -3.86. The summed E-state index contributed by atoms with van der Waals surface area (Å²) in [7, 11) is -2.34. The van der Waals surface area contributed by atoms with Crippen LogP contribution in [0, 0.1) is 0 Å². The number of aryl methyl sites for hydroxylation is 1. The van der Waals surface area contributed by atoms with Crippen molar-refractivity contribution in [1.29, 1.82) is 0 Å². The van der Waals surface area contributed by atoms with Gasteiger partial charge in [0, 0.05) is 12.7 Å². The topological polar surface area (TPSA) is 115 Å². The molecule has 0 amide bonds. The van der Waals surface area contributed by atoms with Gasteiger partial charge < -0.3 is 5.32 Å². The lowest BCUT2D eigenvalue weighted by Gasteiger charge is -2.08. The van der Waals surface area contributed by atoms with Crippen molar-refractivity contribution >= 4 is 33.4 Å². The Morgan fingerprint density at radius 2 is 2.19 bits per heavy atom. The molecule has 0 aliphatic carbocycles. The molecule has 2 aromatic heterocycles. The highest BCUT2D eigenvalue weighted by molar-refractivity contribution is 7.92. The normalized spacial score (nSPS) is 11.4. The first-order valence-electron chi connectivity index (χ1n) is 6.08. The van der Waals surface area contributed by atoms with Crippen molar-refractivity contribution in [3.8, 4) is 0 Å². The highest BCUT2D eigenvalue weighted by Gasteiger charge is 2.19. The minimum Gasteiger partial charge on any atom is -0.369 e. The second kappa shape index (κ2) is 6.22. The molecule has 2 N–H and O–H groups in total. The first kappa shape index (κ1) is 15.4. The summed E-state index contributed by atoms with van der Waals surface area (Å²) in [5.41, 5.74) is 0. The second-order valence-corrected chi connectivity index (χ2v) is 6.23. The zero-order chi connectivity index (χ0) is 15.5. The average Bonchev–Trinajstić information content (AvgIpc) is 2.82. The fourth-order valence-electron chi connectivity index (χ4n) is 1.44. The Bertz CT molecular complexity index is 731. The Morgan fingerprint density at radius 3 is 2.76 bits per heavy atom. The molecule has 0 bridgehead atoms. The lowest BCUT2D eigenvalue weighted by atomic mass is 10.4. The van der Waals surface area contributed by atoms with Crippen molar-refractivity contribution in [2.75, 3.05) is 16.6 Å². The number of sulfonamides is 1. The second-order valence-electron chi connectivity index (χ2n) is 4.14. The van der Waals surface area contributed by atoms with Crippen LogP contribution in [0.5, 0.6) is 0 Å². The third kappa shape index (κ3) is 3.79. The number of aromatic nitrogens is 5. The van der Waals surface area contributed by atoms with Crippen LogP contribution in [0.3, 0.4) is 0 Å². The number of hydrogen-bond acceptors (Lipinski definition) is 7. The number of tetrazole rings is 1. The van der Waals surface area contributed by atoms with Gasteiger partial charge in [0.05, 0.1) is 12.1 Å². The molecule has 0 aromatic carbocycles. The molecule has 2 rings (SSSR count). The summed E-state index contributed by atoms with van der Waals surface area (Å²) in [4.78, 5) is 5.06. The molecular formula is C10H14ClN7O2S. The van der Waals surface area contributed by atoms with E-state index in [9.17, 15) is 8.42 Å². The van der Waals surface area contributed by atoms with Gasteiger partial charge in [-0.25, -0.2) is 18.1 Å². The summed E-state index contributed by atoms with van der Waals surface area (Å²) in [6, 6.07) is 1.31. The number of hydrogen-bond donors (Lipinski definition) is 2. The molecular weight excluding hydrogens is 318 g/mol. The molecule has 0 saturated heterocycles. The molecule has 0 aliphatic rings. The Balaban J connectivity index is 2.22. The summed E-state index contributed by atoms with van der Waals surface area (Å²) in [5, 5.41) is 14.0. The number of halogens is 1. The molecule has 21 heavy (non-hydrogen) atoms. The van der Waals surface area contributed by atoms with E-state index in [4.69, 9.17) is 11.6 Å². The number of nitrogens with zero attached hydrogens (tertiary/aromatic N) is 5. The summed E-state index contributed by atoms with van der Waals surface area (Å²) in [6.07, 6.45) is 2.11. The van der Waals surface area contributed by atoms with Crippen molar-refractivity contribution in [2.24, 2.45) is 7.05 Å². The molecule has 11 heteroatoms. The predicted octanol–water partition coefficient (Wildman–Crippen LogP) is 0.881. The van der Waals surface area contributed by atoms with Crippen LogP contribution < -0.4 is 10.0 Å². The largest absolute Gasteiger partial charge is 0.369 e. The van der Waals surface area contributed by atoms with Crippen LogP contribution in [0.4, 0.5) is 11.8 Å². The van der Waals surface area contributed by atoms with Crippen molar-refractivity contribution < 1.29 is 8.42 Å². The Labute approximate surface area is 126 Å². The van der Waals surface area contributed by atoms with Crippen molar-refractivity contribution in [1.82, 2.24) is 25.2 Å². The van der Waals surface area contributed by atoms with E-state index in [1.54, 1.807) is 0 Å². The maximum Gasteiger partial charge on any atom is 0.277 e. The number of pyridine rings is 1. The molecule has 0 saturated carbocycles. The predicted molar refractivity (Wildman–Crippen MR) is 77.6 cm³/mol. The standard InChI is InChI=1S/C10H14ClN7O2S/c1-3-4-12-9-8(11)5-7(6-13-9)21(19,20)16-10-14-17-18(2)15-10/h5-6H,3-4H2,1-2H3,(H,12,13)(H,15,16). The summed E-state index contributed by atoms with van der Waals surface area (Å²) in [6.45, 7) is 2.69. The molecule has 0 atom stereocenters. The van der Waals surface area contributed by atoms with Crippen LogP contribution in [0.15, 0.2) is 17.2 Å². The maximum atomic E-state index is 12.1. The average molecular weight is 332 g/mol. The molecule has 0 fully saturated rings. The fourth-order valence-corrected chi connectivity index (χ4v) is 2.65. The van der Waals surface area contributed by atoms with Gasteiger partial charge >= 0.3 is 0 Å². The zero-order valence-electron chi connectivity index (χ0n) is 11.4. The van der Waals surface area contributed by atoms with Crippen LogP contribution in [-0.2, 0) is 17.1 Å². The zero-order valence-corrected chi connectivity index (χ0v) is 13.0. The molecule has 114 valence electrons. The number of rotatable bonds is 6. The van der Waals surface area contributed by atoms with Gasteiger partial charge in [-0.05, 0) is 17.7 Å². The van der Waals surface area contributed by atoms with E-state index in [-0.39, 0.29) is 15.9 Å². The maximum absolute atomic E-state index is 12.1. The lowest BCUT2D eigenvalue weighted by Crippen LogP contribution is -2.15. The van der Waals surface area contributed by atoms with Crippen molar-refractivity contribution in [3.63, 3.8) is 0 Å². The van der Waals surface area contributed by atoms with E-state index in [0.717, 1.165) is 11.2 Å². The van der Waals surface area contributed by atoms with Gasteiger partial charge in [-0.2, -0.15) is 4.80 Å². The molecule has 0 unspecified atom stereocenters. The van der Waals surface area contributed by atoms with Crippen LogP contribution in [0.2, 0.25) is 5.02 Å². The smallest absolute Gasteiger partial charge is 0.277 e. The molecule has 2 aromatic rings. The van der Waals surface area contributed by atoms with Crippen molar-refractivity contribution in [3.05, 3.63) is 17.3 Å². The lowest BCUT2D eigenvalue weighted by molar-refractivity contribution is 0.600. The van der Waals surface area contributed by atoms with Crippen molar-refractivity contribution in [2.45, 2.75) is 18.2 Å². The Morgan fingerprint density at radius 1 is 1.43 bits per heavy atom. The Kier molecular flexibility index (Phi) is 4.58. The molecule has 9 nitrogen and oxygen atoms in total. The molecule has 0 spiro atoms. The Hall–Kier alpha value is -1.94. The monoisotopic (exact) mass is 331 g/mol. The first-order valence-corrected chi connectivity index (χ1v) is 7.94. The van der Waals surface area contributed by atoms with Crippen LogP contribution >= 0.6 is 11.6 Å². The number of nitrogens with one attached hydrogen (secondary N) is 2. The van der Waals surface area contributed by atoms with Gasteiger partial charge in [0.2, 0.25) is 0 Å². The van der Waals surface area contributed by atoms with Gasteiger partial charge in [0.25, 0.3) is 16.0 Å². The van der Waals surface area contributed by atoms with Gasteiger partial charge in [-0.1, -0.05) is 23.6 Å². The van der Waals surface area contributed by atoms with E-state index >= 15 is 0 Å². The van der Waals surface area contributed by atoms with Gasteiger partial charge in [0.1, 0.15) is 10.7 Å². The molecule has 0 aliphatic heterocycles. The van der Waals surface area contributed by atoms with E-state index in [1.807, 2.05) is 6.92 Å². The van der Waals surface area contributed by atoms with Gasteiger partial charge in [0.15, 0.2) is 0 Å². The number of anilines is 2. The van der Waals surface area contributed by atoms with Crippen LogP contribution in [0.1, 0.15) is 13.3 Å². The van der Waals surface area contributed by atoms with Crippen LogP contribution in [-0.4, -0.2) is 40.2 Å². The van der Waals surface area contributed by atoms with Crippen LogP contribution in [0.25, 0.3) is 0 Å². The highest BCUT2D eigenvalue weighted by Crippen LogP contribution is 2.23. The van der Waals surface area contributed by atoms with E-state index in [2.05, 4.69) is 30.4 Å². The molecule has 2 heterocycles.